The highest BCUT2D eigenvalue weighted by Gasteiger charge is 2.06. The molecule has 19 heavy (non-hydrogen) atoms. The van der Waals surface area contributed by atoms with Crippen molar-refractivity contribution in [3.8, 4) is 11.3 Å². The number of hydrogen-bond donors (Lipinski definition) is 0. The molecule has 2 aromatic rings. The minimum atomic E-state index is -0.203. The van der Waals surface area contributed by atoms with Crippen LogP contribution in [0.25, 0.3) is 11.3 Å². The Bertz CT molecular complexity index is 531. The Hall–Kier alpha value is -1.70. The van der Waals surface area contributed by atoms with Crippen molar-refractivity contribution in [2.45, 2.75) is 39.5 Å². The molecule has 0 unspecified atom stereocenters. The first-order valence-corrected chi connectivity index (χ1v) is 6.92. The number of halogens is 1. The summed E-state index contributed by atoms with van der Waals surface area (Å²) in [4.78, 5) is 4.38. The lowest BCUT2D eigenvalue weighted by Gasteiger charge is -2.05. The van der Waals surface area contributed by atoms with Crippen LogP contribution in [-0.2, 0) is 6.42 Å². The molecule has 2 rings (SSSR count). The summed E-state index contributed by atoms with van der Waals surface area (Å²) in [5, 5.41) is 0. The predicted molar refractivity (Wildman–Crippen MR) is 77.6 cm³/mol. The van der Waals surface area contributed by atoms with Gasteiger partial charge in [0.15, 0.2) is 0 Å². The number of aryl methyl sites for hydroxylation is 2. The summed E-state index contributed by atoms with van der Waals surface area (Å²) < 4.78 is 13.8. The van der Waals surface area contributed by atoms with E-state index in [2.05, 4.69) is 18.0 Å². The van der Waals surface area contributed by atoms with Crippen LogP contribution in [0.1, 0.15) is 37.3 Å². The molecule has 1 aromatic heterocycles. The second-order valence-corrected chi connectivity index (χ2v) is 4.99. The van der Waals surface area contributed by atoms with Crippen LogP contribution in [0.4, 0.5) is 4.39 Å². The highest BCUT2D eigenvalue weighted by Crippen LogP contribution is 2.22. The van der Waals surface area contributed by atoms with Gasteiger partial charge in [0, 0.05) is 11.8 Å². The Kier molecular flexibility index (Phi) is 4.67. The van der Waals surface area contributed by atoms with E-state index in [1.807, 2.05) is 25.3 Å². The third-order valence-electron chi connectivity index (χ3n) is 3.29. The Morgan fingerprint density at radius 1 is 1.11 bits per heavy atom. The van der Waals surface area contributed by atoms with Crippen LogP contribution in [-0.4, -0.2) is 4.98 Å². The summed E-state index contributed by atoms with van der Waals surface area (Å²) in [7, 11) is 0. The molecule has 0 N–H and O–H groups in total. The van der Waals surface area contributed by atoms with Crippen molar-refractivity contribution in [2.75, 3.05) is 0 Å². The number of rotatable bonds is 5. The van der Waals surface area contributed by atoms with Gasteiger partial charge in [0.05, 0.1) is 5.69 Å². The summed E-state index contributed by atoms with van der Waals surface area (Å²) in [6.07, 6.45) is 6.58. The minimum Gasteiger partial charge on any atom is -0.256 e. The molecule has 1 heterocycles. The van der Waals surface area contributed by atoms with Crippen LogP contribution in [0.15, 0.2) is 36.5 Å². The molecular weight excluding hydrogens is 237 g/mol. The van der Waals surface area contributed by atoms with Crippen LogP contribution in [0.2, 0.25) is 0 Å². The van der Waals surface area contributed by atoms with Gasteiger partial charge < -0.3 is 0 Å². The van der Waals surface area contributed by atoms with Crippen molar-refractivity contribution in [3.05, 3.63) is 53.5 Å². The van der Waals surface area contributed by atoms with Gasteiger partial charge in [-0.2, -0.15) is 0 Å². The highest BCUT2D eigenvalue weighted by atomic mass is 19.1. The van der Waals surface area contributed by atoms with E-state index in [1.165, 1.54) is 24.8 Å². The quantitative estimate of drug-likeness (QED) is 0.692. The minimum absolute atomic E-state index is 0.203. The van der Waals surface area contributed by atoms with E-state index in [0.717, 1.165) is 12.0 Å². The van der Waals surface area contributed by atoms with Crippen molar-refractivity contribution >= 4 is 0 Å². The van der Waals surface area contributed by atoms with Gasteiger partial charge >= 0.3 is 0 Å². The Morgan fingerprint density at radius 2 is 1.95 bits per heavy atom. The summed E-state index contributed by atoms with van der Waals surface area (Å²) in [5.74, 6) is -0.203. The zero-order valence-electron chi connectivity index (χ0n) is 11.6. The second-order valence-electron chi connectivity index (χ2n) is 4.99. The third kappa shape index (κ3) is 3.63. The summed E-state index contributed by atoms with van der Waals surface area (Å²) >= 11 is 0. The Balaban J connectivity index is 2.13. The standard InChI is InChI=1S/C17H20FN/c1-3-4-5-6-14-8-10-17(19-12-14)15-9-7-13(2)11-16(15)18/h7-12H,3-6H2,1-2H3. The molecule has 0 bridgehead atoms. The fraction of sp³-hybridized carbons (Fsp3) is 0.353. The maximum atomic E-state index is 13.8. The smallest absolute Gasteiger partial charge is 0.132 e. The van der Waals surface area contributed by atoms with E-state index in [-0.39, 0.29) is 5.82 Å². The van der Waals surface area contributed by atoms with Gasteiger partial charge in [0.1, 0.15) is 5.82 Å². The molecule has 100 valence electrons. The Morgan fingerprint density at radius 3 is 2.58 bits per heavy atom. The molecule has 0 aliphatic rings. The van der Waals surface area contributed by atoms with E-state index in [1.54, 1.807) is 12.1 Å². The molecule has 2 heteroatoms. The number of unbranched alkanes of at least 4 members (excludes halogenated alkanes) is 2. The maximum Gasteiger partial charge on any atom is 0.132 e. The first kappa shape index (κ1) is 13.7. The molecule has 0 aliphatic carbocycles. The van der Waals surface area contributed by atoms with Gasteiger partial charge in [-0.15, -0.1) is 0 Å². The average molecular weight is 257 g/mol. The molecule has 0 atom stereocenters. The molecule has 1 nitrogen and oxygen atoms in total. The van der Waals surface area contributed by atoms with Crippen LogP contribution in [0.3, 0.4) is 0 Å². The van der Waals surface area contributed by atoms with E-state index >= 15 is 0 Å². The lowest BCUT2D eigenvalue weighted by atomic mass is 10.1. The number of pyridine rings is 1. The molecule has 0 spiro atoms. The van der Waals surface area contributed by atoms with Crippen molar-refractivity contribution in [1.29, 1.82) is 0 Å². The van der Waals surface area contributed by atoms with E-state index < -0.39 is 0 Å². The van der Waals surface area contributed by atoms with E-state index in [0.29, 0.717) is 11.3 Å². The first-order chi connectivity index (χ1) is 9.20. The second kappa shape index (κ2) is 6.46. The molecule has 0 saturated heterocycles. The largest absolute Gasteiger partial charge is 0.256 e. The van der Waals surface area contributed by atoms with Gasteiger partial charge in [0.2, 0.25) is 0 Å². The molecular formula is C17H20FN. The average Bonchev–Trinajstić information content (AvgIpc) is 2.40. The SMILES string of the molecule is CCCCCc1ccc(-c2ccc(C)cc2F)nc1. The van der Waals surface area contributed by atoms with Gasteiger partial charge in [-0.05, 0) is 49.1 Å². The summed E-state index contributed by atoms with van der Waals surface area (Å²) in [6, 6.07) is 9.22. The number of aromatic nitrogens is 1. The fourth-order valence-corrected chi connectivity index (χ4v) is 2.14. The monoisotopic (exact) mass is 257 g/mol. The normalized spacial score (nSPS) is 10.7. The number of hydrogen-bond acceptors (Lipinski definition) is 1. The molecule has 1 aromatic carbocycles. The zero-order valence-corrected chi connectivity index (χ0v) is 11.6. The number of nitrogens with zero attached hydrogens (tertiary/aromatic N) is 1. The molecule has 0 aliphatic heterocycles. The van der Waals surface area contributed by atoms with Gasteiger partial charge in [-0.3, -0.25) is 4.98 Å². The summed E-state index contributed by atoms with van der Waals surface area (Å²) in [6.45, 7) is 4.08. The van der Waals surface area contributed by atoms with Gasteiger partial charge in [-0.1, -0.05) is 31.9 Å². The molecule has 0 saturated carbocycles. The topological polar surface area (TPSA) is 12.9 Å². The van der Waals surface area contributed by atoms with Crippen LogP contribution in [0, 0.1) is 12.7 Å². The lowest BCUT2D eigenvalue weighted by molar-refractivity contribution is 0.629. The van der Waals surface area contributed by atoms with Crippen molar-refractivity contribution in [2.24, 2.45) is 0 Å². The Labute approximate surface area is 114 Å². The molecule has 0 radical (unpaired) electrons. The van der Waals surface area contributed by atoms with Crippen molar-refractivity contribution in [3.63, 3.8) is 0 Å². The van der Waals surface area contributed by atoms with Crippen LogP contribution in [0.5, 0.6) is 0 Å². The lowest BCUT2D eigenvalue weighted by Crippen LogP contribution is -1.91. The van der Waals surface area contributed by atoms with Crippen LogP contribution >= 0.6 is 0 Å². The molecule has 0 fully saturated rings. The third-order valence-corrected chi connectivity index (χ3v) is 3.29. The van der Waals surface area contributed by atoms with Crippen LogP contribution < -0.4 is 0 Å². The number of benzene rings is 1. The molecule has 0 amide bonds. The maximum absolute atomic E-state index is 13.8. The fourth-order valence-electron chi connectivity index (χ4n) is 2.14. The van der Waals surface area contributed by atoms with E-state index in [4.69, 9.17) is 0 Å². The van der Waals surface area contributed by atoms with Gasteiger partial charge in [-0.25, -0.2) is 4.39 Å². The van der Waals surface area contributed by atoms with Crippen molar-refractivity contribution in [1.82, 2.24) is 4.98 Å². The summed E-state index contributed by atoms with van der Waals surface area (Å²) in [5.41, 5.74) is 3.43. The van der Waals surface area contributed by atoms with Gasteiger partial charge in [0.25, 0.3) is 0 Å². The van der Waals surface area contributed by atoms with Crippen molar-refractivity contribution < 1.29 is 4.39 Å². The predicted octanol–water partition coefficient (Wildman–Crippen LogP) is 4.93. The first-order valence-electron chi connectivity index (χ1n) is 6.92. The highest BCUT2D eigenvalue weighted by molar-refractivity contribution is 5.60. The zero-order chi connectivity index (χ0) is 13.7. The van der Waals surface area contributed by atoms with E-state index in [9.17, 15) is 4.39 Å².